The van der Waals surface area contributed by atoms with Crippen molar-refractivity contribution in [2.45, 2.75) is 103 Å². The SMILES string of the molecule is CC(C)(C(NC(=O)CCC(NC(=O)NC(CCC(=O)O)C(=O)O)C(=O)O)C(=O)O)C(C)(C)N(Cc1nccn1CC(=O)N(CC(=O)O)CC(=O)O)Cc1nccn1CC(=O)N(CC(=O)O)CC(=O)O. The lowest BCUT2D eigenvalue weighted by molar-refractivity contribution is -0.150. The van der Waals surface area contributed by atoms with Crippen LogP contribution in [0.2, 0.25) is 0 Å². The van der Waals surface area contributed by atoms with E-state index in [1.165, 1.54) is 47.8 Å². The molecule has 2 aromatic rings. The minimum Gasteiger partial charge on any atom is -0.481 e. The number of urea groups is 1. The van der Waals surface area contributed by atoms with Crippen molar-refractivity contribution in [2.75, 3.05) is 26.2 Å². The number of aliphatic carboxylic acids is 8. The van der Waals surface area contributed by atoms with Crippen LogP contribution in [0.1, 0.15) is 65.0 Å². The Balaban J connectivity index is 2.56. The van der Waals surface area contributed by atoms with E-state index in [-0.39, 0.29) is 24.7 Å². The van der Waals surface area contributed by atoms with Gasteiger partial charge in [-0.3, -0.25) is 43.3 Å². The van der Waals surface area contributed by atoms with Crippen LogP contribution in [-0.2, 0) is 78.9 Å². The van der Waals surface area contributed by atoms with Crippen molar-refractivity contribution in [1.29, 1.82) is 0 Å². The molecule has 0 aliphatic heterocycles. The van der Waals surface area contributed by atoms with E-state index in [0.717, 1.165) is 0 Å². The Morgan fingerprint density at radius 2 is 0.928 bits per heavy atom. The molecule has 0 spiro atoms. The van der Waals surface area contributed by atoms with E-state index in [4.69, 9.17) is 5.11 Å². The Morgan fingerprint density at radius 3 is 1.26 bits per heavy atom. The molecule has 2 heterocycles. The number of amides is 5. The summed E-state index contributed by atoms with van der Waals surface area (Å²) in [6, 6.07) is -6.70. The molecule has 3 unspecified atom stereocenters. The maximum atomic E-state index is 13.4. The van der Waals surface area contributed by atoms with Crippen molar-refractivity contribution in [1.82, 2.24) is 49.8 Å². The molecule has 30 heteroatoms. The molecule has 0 aromatic carbocycles. The second-order valence-electron chi connectivity index (χ2n) is 16.4. The molecule has 0 radical (unpaired) electrons. The minimum absolute atomic E-state index is 0.0600. The lowest BCUT2D eigenvalue weighted by Gasteiger charge is -2.51. The van der Waals surface area contributed by atoms with E-state index in [1.807, 2.05) is 10.6 Å². The molecule has 69 heavy (non-hydrogen) atoms. The Bertz CT molecular complexity index is 2150. The molecule has 0 bridgehead atoms. The highest BCUT2D eigenvalue weighted by atomic mass is 16.4. The van der Waals surface area contributed by atoms with Crippen molar-refractivity contribution in [3.63, 3.8) is 0 Å². The lowest BCUT2D eigenvalue weighted by Crippen LogP contribution is -2.64. The topological polar surface area (TPSA) is 448 Å². The van der Waals surface area contributed by atoms with E-state index in [0.29, 0.717) is 9.80 Å². The summed E-state index contributed by atoms with van der Waals surface area (Å²) in [5.41, 5.74) is -3.12. The average molecular weight is 983 g/mol. The number of carbonyl (C=O) groups is 12. The Hall–Kier alpha value is -8.18. The van der Waals surface area contributed by atoms with Gasteiger partial charge in [0.25, 0.3) is 0 Å². The van der Waals surface area contributed by atoms with Crippen LogP contribution >= 0.6 is 0 Å². The number of aromatic nitrogens is 4. The molecule has 30 nitrogen and oxygen atoms in total. The number of nitrogens with zero attached hydrogens (tertiary/aromatic N) is 7. The van der Waals surface area contributed by atoms with Crippen LogP contribution in [0.5, 0.6) is 0 Å². The number of carbonyl (C=O) groups excluding carboxylic acids is 4. The predicted octanol–water partition coefficient (Wildman–Crippen LogP) is -2.70. The fraction of sp³-hybridized carbons (Fsp3) is 0.538. The van der Waals surface area contributed by atoms with Gasteiger partial charge in [-0.05, 0) is 26.7 Å². The van der Waals surface area contributed by atoms with Crippen molar-refractivity contribution in [2.24, 2.45) is 5.41 Å². The van der Waals surface area contributed by atoms with E-state index in [1.54, 1.807) is 18.7 Å². The fourth-order valence-electron chi connectivity index (χ4n) is 6.63. The summed E-state index contributed by atoms with van der Waals surface area (Å²) in [5, 5.41) is 82.0. The Morgan fingerprint density at radius 1 is 0.551 bits per heavy atom. The zero-order valence-corrected chi connectivity index (χ0v) is 37.6. The standard InChI is InChI=1S/C39H54N10O20/c1-38(2,33(36(67)68)44-25(50)7-5-21(34(63)64)42-37(69)43-22(35(65)66)6-8-28(53)54)39(3,4)49(13-23-40-9-11-45(23)15-26(51)47(17-29(55)56)18-30(57)58)14-24-41-10-12-46(24)16-27(52)48(19-31(59)60)20-32(61)62/h9-12,21-22,33H,5-8,13-20H2,1-4H3,(H,44,50)(H,53,54)(H,55,56)(H,57,58)(H,59,60)(H,61,62)(H,63,64)(H,65,66)(H,67,68)(H2,42,43,69). The van der Waals surface area contributed by atoms with Crippen LogP contribution in [0.4, 0.5) is 4.79 Å². The minimum atomic E-state index is -1.83. The normalized spacial score (nSPS) is 12.7. The van der Waals surface area contributed by atoms with Gasteiger partial charge < -0.3 is 75.7 Å². The second kappa shape index (κ2) is 25.1. The van der Waals surface area contributed by atoms with Crippen LogP contribution in [0.3, 0.4) is 0 Å². The summed E-state index contributed by atoms with van der Waals surface area (Å²) in [6.45, 7) is 0.180. The molecule has 11 N–H and O–H groups in total. The van der Waals surface area contributed by atoms with Gasteiger partial charge in [-0.1, -0.05) is 13.8 Å². The quantitative estimate of drug-likeness (QED) is 0.0366. The summed E-state index contributed by atoms with van der Waals surface area (Å²) >= 11 is 0. The number of hydrogen-bond donors (Lipinski definition) is 11. The third kappa shape index (κ3) is 17.5. The zero-order valence-electron chi connectivity index (χ0n) is 37.6. The molecule has 0 saturated carbocycles. The highest BCUT2D eigenvalue weighted by molar-refractivity contribution is 5.88. The summed E-state index contributed by atoms with van der Waals surface area (Å²) in [4.78, 5) is 157. The lowest BCUT2D eigenvalue weighted by atomic mass is 9.68. The van der Waals surface area contributed by atoms with Crippen LogP contribution < -0.4 is 16.0 Å². The molecule has 0 saturated heterocycles. The molecular weight excluding hydrogens is 928 g/mol. The number of imidazole rings is 2. The predicted molar refractivity (Wildman–Crippen MR) is 225 cm³/mol. The van der Waals surface area contributed by atoms with Crippen LogP contribution in [0, 0.1) is 5.41 Å². The van der Waals surface area contributed by atoms with Crippen molar-refractivity contribution >= 4 is 71.5 Å². The largest absolute Gasteiger partial charge is 0.481 e. The summed E-state index contributed by atoms with van der Waals surface area (Å²) in [7, 11) is 0. The molecule has 0 aliphatic carbocycles. The van der Waals surface area contributed by atoms with Gasteiger partial charge in [0, 0.05) is 48.6 Å². The second-order valence-corrected chi connectivity index (χ2v) is 16.4. The molecule has 380 valence electrons. The number of rotatable bonds is 31. The zero-order chi connectivity index (χ0) is 52.6. The van der Waals surface area contributed by atoms with Crippen LogP contribution in [0.15, 0.2) is 24.8 Å². The monoisotopic (exact) mass is 982 g/mol. The molecule has 5 amide bonds. The average Bonchev–Trinajstić information content (AvgIpc) is 3.86. The first-order valence-corrected chi connectivity index (χ1v) is 20.4. The van der Waals surface area contributed by atoms with Gasteiger partial charge in [0.1, 0.15) is 69.0 Å². The van der Waals surface area contributed by atoms with Gasteiger partial charge in [-0.15, -0.1) is 0 Å². The molecule has 2 rings (SSSR count). The maximum Gasteiger partial charge on any atom is 0.326 e. The highest BCUT2D eigenvalue weighted by Crippen LogP contribution is 2.41. The molecular formula is C39H54N10O20. The van der Waals surface area contributed by atoms with Gasteiger partial charge in [0.2, 0.25) is 17.7 Å². The fourth-order valence-corrected chi connectivity index (χ4v) is 6.63. The van der Waals surface area contributed by atoms with Gasteiger partial charge in [0.05, 0.1) is 13.1 Å². The van der Waals surface area contributed by atoms with Gasteiger partial charge in [-0.2, -0.15) is 0 Å². The number of carboxylic acids is 8. The van der Waals surface area contributed by atoms with Crippen LogP contribution in [-0.4, -0.2) is 196 Å². The van der Waals surface area contributed by atoms with E-state index in [9.17, 15) is 93.3 Å². The van der Waals surface area contributed by atoms with E-state index < -0.39 is 166 Å². The van der Waals surface area contributed by atoms with E-state index in [2.05, 4.69) is 15.3 Å². The number of hydrogen-bond acceptors (Lipinski definition) is 15. The van der Waals surface area contributed by atoms with Crippen molar-refractivity contribution in [3.05, 3.63) is 36.4 Å². The maximum absolute atomic E-state index is 13.4. The molecule has 2 aromatic heterocycles. The molecule has 0 aliphatic rings. The number of carboxylic acid groups (broad SMARTS) is 8. The highest BCUT2D eigenvalue weighted by Gasteiger charge is 2.51. The molecule has 3 atom stereocenters. The summed E-state index contributed by atoms with van der Waals surface area (Å²) < 4.78 is 2.50. The van der Waals surface area contributed by atoms with Crippen LogP contribution in [0.25, 0.3) is 0 Å². The summed E-state index contributed by atoms with van der Waals surface area (Å²) in [6.07, 6.45) is 2.57. The first kappa shape index (κ1) is 56.9. The third-order valence-electron chi connectivity index (χ3n) is 11.0. The molecule has 0 fully saturated rings. The van der Waals surface area contributed by atoms with Gasteiger partial charge in [0.15, 0.2) is 0 Å². The smallest absolute Gasteiger partial charge is 0.326 e. The van der Waals surface area contributed by atoms with Crippen molar-refractivity contribution in [3.8, 4) is 0 Å². The Kier molecular flexibility index (Phi) is 20.7. The van der Waals surface area contributed by atoms with Gasteiger partial charge in [-0.25, -0.2) is 29.1 Å². The summed E-state index contributed by atoms with van der Waals surface area (Å²) in [5.74, 6) is -15.1. The van der Waals surface area contributed by atoms with E-state index >= 15 is 0 Å². The number of nitrogens with one attached hydrogen (secondary N) is 3. The first-order chi connectivity index (χ1) is 32.0. The van der Waals surface area contributed by atoms with Crippen molar-refractivity contribution < 1.29 is 98.4 Å². The third-order valence-corrected chi connectivity index (χ3v) is 11.0. The Labute approximate surface area is 390 Å². The van der Waals surface area contributed by atoms with Gasteiger partial charge >= 0.3 is 53.8 Å². The first-order valence-electron chi connectivity index (χ1n) is 20.4.